The molecule has 0 saturated heterocycles. The highest BCUT2D eigenvalue weighted by molar-refractivity contribution is 5.94. The Labute approximate surface area is 215 Å². The van der Waals surface area contributed by atoms with E-state index in [0.717, 1.165) is 65.3 Å². The molecule has 1 N–H and O–H groups in total. The van der Waals surface area contributed by atoms with Crippen LogP contribution in [-0.2, 0) is 7.05 Å². The van der Waals surface area contributed by atoms with Crippen LogP contribution in [0.2, 0.25) is 0 Å². The van der Waals surface area contributed by atoms with Crippen LogP contribution in [0.3, 0.4) is 0 Å². The van der Waals surface area contributed by atoms with E-state index < -0.39 is 0 Å². The van der Waals surface area contributed by atoms with Gasteiger partial charge in [0.1, 0.15) is 5.75 Å². The Kier molecular flexibility index (Phi) is 9.64. The van der Waals surface area contributed by atoms with Gasteiger partial charge < -0.3 is 24.4 Å². The minimum atomic E-state index is 0.521. The Morgan fingerprint density at radius 2 is 1.86 bits per heavy atom. The molecule has 4 rings (SSSR count). The number of benzene rings is 1. The van der Waals surface area contributed by atoms with E-state index in [1.165, 1.54) is 0 Å². The summed E-state index contributed by atoms with van der Waals surface area (Å²) in [5.74, 6) is 1.28. The van der Waals surface area contributed by atoms with Crippen LogP contribution in [0.5, 0.6) is 5.75 Å². The number of rotatable bonds is 10. The summed E-state index contributed by atoms with van der Waals surface area (Å²) in [6.07, 6.45) is 8.62. The van der Waals surface area contributed by atoms with E-state index in [2.05, 4.69) is 69.0 Å². The highest BCUT2D eigenvalue weighted by Crippen LogP contribution is 2.33. The number of fused-ring (bicyclic) bond motifs is 1. The lowest BCUT2D eigenvalue weighted by atomic mass is 10.1. The molecule has 8 nitrogen and oxygen atoms in total. The molecule has 0 spiro atoms. The molecule has 36 heavy (non-hydrogen) atoms. The number of hydrogen-bond acceptors (Lipinski definition) is 7. The van der Waals surface area contributed by atoms with Crippen molar-refractivity contribution in [3.8, 4) is 17.0 Å². The molecular weight excluding hydrogens is 450 g/mol. The van der Waals surface area contributed by atoms with Crippen molar-refractivity contribution >= 4 is 28.2 Å². The third kappa shape index (κ3) is 6.31. The lowest BCUT2D eigenvalue weighted by Gasteiger charge is -2.25. The number of ether oxygens (including phenoxy) is 1. The van der Waals surface area contributed by atoms with Crippen molar-refractivity contribution < 1.29 is 4.74 Å². The number of aromatic nitrogens is 4. The van der Waals surface area contributed by atoms with Crippen molar-refractivity contribution in [2.24, 2.45) is 7.05 Å². The summed E-state index contributed by atoms with van der Waals surface area (Å²) in [4.78, 5) is 18.0. The number of nitrogens with zero attached hydrogens (tertiary/aromatic N) is 6. The van der Waals surface area contributed by atoms with Crippen LogP contribution in [0, 0.1) is 0 Å². The second-order valence-electron chi connectivity index (χ2n) is 8.56. The number of anilines is 3. The molecule has 1 aromatic carbocycles. The smallest absolute Gasteiger partial charge is 0.227 e. The highest BCUT2D eigenvalue weighted by atomic mass is 16.5. The molecule has 0 bridgehead atoms. The number of pyridine rings is 1. The van der Waals surface area contributed by atoms with Gasteiger partial charge in [-0.25, -0.2) is 9.97 Å². The van der Waals surface area contributed by atoms with Crippen LogP contribution in [-0.4, -0.2) is 65.3 Å². The summed E-state index contributed by atoms with van der Waals surface area (Å²) in [6, 6.07) is 10.2. The predicted molar refractivity (Wildman–Crippen MR) is 150 cm³/mol. The molecule has 0 fully saturated rings. The molecule has 0 unspecified atom stereocenters. The van der Waals surface area contributed by atoms with Crippen molar-refractivity contribution in [2.45, 2.75) is 27.2 Å². The predicted octanol–water partition coefficient (Wildman–Crippen LogP) is 5.59. The van der Waals surface area contributed by atoms with Gasteiger partial charge in [0.15, 0.2) is 0 Å². The molecule has 4 aromatic rings. The Morgan fingerprint density at radius 3 is 2.58 bits per heavy atom. The number of aryl methyl sites for hydroxylation is 1. The summed E-state index contributed by atoms with van der Waals surface area (Å²) in [5.41, 5.74) is 4.93. The fourth-order valence-electron chi connectivity index (χ4n) is 4.15. The van der Waals surface area contributed by atoms with E-state index in [0.29, 0.717) is 5.95 Å². The maximum atomic E-state index is 5.71. The summed E-state index contributed by atoms with van der Waals surface area (Å²) in [7, 11) is 7.91. The van der Waals surface area contributed by atoms with Crippen LogP contribution in [0.25, 0.3) is 22.2 Å². The first-order valence-electron chi connectivity index (χ1n) is 12.6. The van der Waals surface area contributed by atoms with Gasteiger partial charge in [0, 0.05) is 61.4 Å². The summed E-state index contributed by atoms with van der Waals surface area (Å²) >= 11 is 0. The zero-order valence-corrected chi connectivity index (χ0v) is 22.6. The van der Waals surface area contributed by atoms with Gasteiger partial charge in [-0.05, 0) is 58.3 Å². The van der Waals surface area contributed by atoms with Gasteiger partial charge in [-0.1, -0.05) is 13.8 Å². The molecule has 8 heteroatoms. The largest absolute Gasteiger partial charge is 0.494 e. The zero-order chi connectivity index (χ0) is 26.1. The standard InChI is InChI=1S/C26H33N7O.C2H6/c1-6-33(15-7-14-31(2)3)19-8-9-23(25(16-19)34-5)30-26-28-13-11-22(29-26)21-18-32(4)24-17-27-12-10-20(21)24;1-2/h8-13,16-18H,6-7,14-15H2,1-5H3,(H,28,29,30);1-2H3. The lowest BCUT2D eigenvalue weighted by Crippen LogP contribution is -2.27. The van der Waals surface area contributed by atoms with Crippen LogP contribution in [0.15, 0.2) is 55.1 Å². The minimum Gasteiger partial charge on any atom is -0.494 e. The Bertz CT molecular complexity index is 1250. The molecule has 3 aromatic heterocycles. The Balaban J connectivity index is 0.00000176. The molecule has 0 atom stereocenters. The van der Waals surface area contributed by atoms with Crippen molar-refractivity contribution in [3.63, 3.8) is 0 Å². The Hall–Kier alpha value is -3.65. The first kappa shape index (κ1) is 26.9. The number of methoxy groups -OCH3 is 1. The van der Waals surface area contributed by atoms with Crippen molar-refractivity contribution in [1.29, 1.82) is 0 Å². The van der Waals surface area contributed by atoms with Gasteiger partial charge in [-0.2, -0.15) is 0 Å². The van der Waals surface area contributed by atoms with Crippen LogP contribution in [0.4, 0.5) is 17.3 Å². The van der Waals surface area contributed by atoms with Crippen LogP contribution in [0.1, 0.15) is 27.2 Å². The summed E-state index contributed by atoms with van der Waals surface area (Å²) in [6.45, 7) is 9.18. The van der Waals surface area contributed by atoms with Gasteiger partial charge in [0.05, 0.1) is 30.2 Å². The van der Waals surface area contributed by atoms with Crippen molar-refractivity contribution in [3.05, 3.63) is 55.1 Å². The van der Waals surface area contributed by atoms with Gasteiger partial charge in [0.25, 0.3) is 0 Å². The maximum Gasteiger partial charge on any atom is 0.227 e. The monoisotopic (exact) mass is 489 g/mol. The SMILES string of the molecule is CC.CCN(CCCN(C)C)c1ccc(Nc2nccc(-c3cn(C)c4cnccc34)n2)c(OC)c1. The molecule has 0 aliphatic rings. The Morgan fingerprint density at radius 1 is 1.06 bits per heavy atom. The van der Waals surface area contributed by atoms with Crippen molar-refractivity contribution in [1.82, 2.24) is 24.4 Å². The van der Waals surface area contributed by atoms with E-state index in [-0.39, 0.29) is 0 Å². The molecule has 0 radical (unpaired) electrons. The van der Waals surface area contributed by atoms with E-state index >= 15 is 0 Å². The van der Waals surface area contributed by atoms with Gasteiger partial charge >= 0.3 is 0 Å². The first-order chi connectivity index (χ1) is 17.5. The lowest BCUT2D eigenvalue weighted by molar-refractivity contribution is 0.400. The number of nitrogens with one attached hydrogen (secondary N) is 1. The van der Waals surface area contributed by atoms with E-state index in [4.69, 9.17) is 9.72 Å². The molecule has 3 heterocycles. The van der Waals surface area contributed by atoms with Crippen LogP contribution >= 0.6 is 0 Å². The van der Waals surface area contributed by atoms with Gasteiger partial charge in [-0.15, -0.1) is 0 Å². The van der Waals surface area contributed by atoms with Crippen LogP contribution < -0.4 is 15.0 Å². The third-order valence-electron chi connectivity index (χ3n) is 5.94. The average Bonchev–Trinajstić information content (AvgIpc) is 3.25. The zero-order valence-electron chi connectivity index (χ0n) is 22.6. The molecule has 0 aliphatic carbocycles. The normalized spacial score (nSPS) is 10.8. The molecular formula is C28H39N7O. The molecule has 0 saturated carbocycles. The quantitative estimate of drug-likeness (QED) is 0.311. The molecule has 192 valence electrons. The molecule has 0 aliphatic heterocycles. The van der Waals surface area contributed by atoms with E-state index in [9.17, 15) is 0 Å². The van der Waals surface area contributed by atoms with Gasteiger partial charge in [-0.3, -0.25) is 4.98 Å². The second kappa shape index (κ2) is 12.9. The van der Waals surface area contributed by atoms with E-state index in [1.807, 2.05) is 45.3 Å². The van der Waals surface area contributed by atoms with E-state index in [1.54, 1.807) is 19.5 Å². The third-order valence-corrected chi connectivity index (χ3v) is 5.94. The number of hydrogen-bond donors (Lipinski definition) is 1. The summed E-state index contributed by atoms with van der Waals surface area (Å²) in [5, 5.41) is 4.45. The highest BCUT2D eigenvalue weighted by Gasteiger charge is 2.13. The fraction of sp³-hybridized carbons (Fsp3) is 0.393. The van der Waals surface area contributed by atoms with Crippen molar-refractivity contribution in [2.75, 3.05) is 51.1 Å². The maximum absolute atomic E-state index is 5.71. The fourth-order valence-corrected chi connectivity index (χ4v) is 4.15. The topological polar surface area (TPSA) is 71.3 Å². The minimum absolute atomic E-state index is 0.521. The first-order valence-corrected chi connectivity index (χ1v) is 12.6. The summed E-state index contributed by atoms with van der Waals surface area (Å²) < 4.78 is 7.77. The average molecular weight is 490 g/mol. The molecule has 0 amide bonds. The second-order valence-corrected chi connectivity index (χ2v) is 8.56. The van der Waals surface area contributed by atoms with Gasteiger partial charge in [0.2, 0.25) is 5.95 Å².